The molecule has 88 valence electrons. The standard InChI is InChI=1S/C10H7ClFN3O2/c1-17-10-14-8(13-9(16)15-10)6-3-2-5(12)4-7(6)11/h2-4H,1H3,(H,13,14,15,16). The molecule has 0 fully saturated rings. The van der Waals surface area contributed by atoms with Crippen LogP contribution >= 0.6 is 11.6 Å². The quantitative estimate of drug-likeness (QED) is 0.886. The molecule has 0 aliphatic heterocycles. The number of methoxy groups -OCH3 is 1. The highest BCUT2D eigenvalue weighted by Gasteiger charge is 2.09. The molecular formula is C10H7ClFN3O2. The van der Waals surface area contributed by atoms with Crippen molar-refractivity contribution in [3.05, 3.63) is 39.5 Å². The highest BCUT2D eigenvalue weighted by Crippen LogP contribution is 2.25. The topological polar surface area (TPSA) is 67.9 Å². The van der Waals surface area contributed by atoms with Gasteiger partial charge in [-0.1, -0.05) is 11.6 Å². The number of hydrogen-bond acceptors (Lipinski definition) is 4. The van der Waals surface area contributed by atoms with Crippen LogP contribution in [0, 0.1) is 5.82 Å². The van der Waals surface area contributed by atoms with E-state index in [1.165, 1.54) is 19.2 Å². The normalized spacial score (nSPS) is 10.3. The number of aromatic amines is 1. The number of rotatable bonds is 2. The summed E-state index contributed by atoms with van der Waals surface area (Å²) in [7, 11) is 1.34. The second-order valence-electron chi connectivity index (χ2n) is 3.11. The summed E-state index contributed by atoms with van der Waals surface area (Å²) < 4.78 is 17.6. The van der Waals surface area contributed by atoms with Crippen molar-refractivity contribution in [2.24, 2.45) is 0 Å². The first-order chi connectivity index (χ1) is 8.10. The Balaban J connectivity index is 2.60. The van der Waals surface area contributed by atoms with Crippen LogP contribution in [-0.2, 0) is 0 Å². The molecule has 7 heteroatoms. The van der Waals surface area contributed by atoms with E-state index < -0.39 is 11.5 Å². The summed E-state index contributed by atoms with van der Waals surface area (Å²) >= 11 is 5.85. The SMILES string of the molecule is COc1nc(-c2ccc(F)cc2Cl)[nH]c(=O)n1. The first-order valence-corrected chi connectivity index (χ1v) is 4.95. The van der Waals surface area contributed by atoms with Crippen molar-refractivity contribution in [1.82, 2.24) is 15.0 Å². The summed E-state index contributed by atoms with van der Waals surface area (Å²) in [6.45, 7) is 0. The molecule has 17 heavy (non-hydrogen) atoms. The highest BCUT2D eigenvalue weighted by molar-refractivity contribution is 6.33. The van der Waals surface area contributed by atoms with Gasteiger partial charge in [0.05, 0.1) is 12.1 Å². The van der Waals surface area contributed by atoms with Crippen LogP contribution in [0.2, 0.25) is 5.02 Å². The van der Waals surface area contributed by atoms with Gasteiger partial charge < -0.3 is 4.74 Å². The van der Waals surface area contributed by atoms with E-state index in [1.54, 1.807) is 0 Å². The second kappa shape index (κ2) is 4.50. The molecule has 1 N–H and O–H groups in total. The molecular weight excluding hydrogens is 249 g/mol. The number of nitrogens with zero attached hydrogens (tertiary/aromatic N) is 2. The van der Waals surface area contributed by atoms with Crippen molar-refractivity contribution in [1.29, 1.82) is 0 Å². The van der Waals surface area contributed by atoms with Crippen LogP contribution in [-0.4, -0.2) is 22.1 Å². The van der Waals surface area contributed by atoms with Crippen LogP contribution in [0.15, 0.2) is 23.0 Å². The third kappa shape index (κ3) is 2.42. The van der Waals surface area contributed by atoms with E-state index in [9.17, 15) is 9.18 Å². The third-order valence-electron chi connectivity index (χ3n) is 2.00. The van der Waals surface area contributed by atoms with Crippen molar-refractivity contribution in [2.75, 3.05) is 7.11 Å². The zero-order chi connectivity index (χ0) is 12.4. The number of nitrogens with one attached hydrogen (secondary N) is 1. The lowest BCUT2D eigenvalue weighted by Gasteiger charge is -2.04. The molecule has 2 rings (SSSR count). The Morgan fingerprint density at radius 3 is 2.82 bits per heavy atom. The lowest BCUT2D eigenvalue weighted by atomic mass is 10.2. The van der Waals surface area contributed by atoms with E-state index in [2.05, 4.69) is 15.0 Å². The fourth-order valence-electron chi connectivity index (χ4n) is 1.27. The first kappa shape index (κ1) is 11.5. The van der Waals surface area contributed by atoms with Crippen molar-refractivity contribution >= 4 is 11.6 Å². The molecule has 1 heterocycles. The molecule has 0 unspecified atom stereocenters. The summed E-state index contributed by atoms with van der Waals surface area (Å²) in [5.41, 5.74) is -0.224. The summed E-state index contributed by atoms with van der Waals surface area (Å²) in [6.07, 6.45) is 0. The Labute approximate surface area is 100 Å². The summed E-state index contributed by atoms with van der Waals surface area (Å²) in [5.74, 6) is -0.297. The minimum atomic E-state index is -0.618. The number of hydrogen-bond donors (Lipinski definition) is 1. The molecule has 5 nitrogen and oxygen atoms in total. The maximum Gasteiger partial charge on any atom is 0.351 e. The summed E-state index contributed by atoms with van der Waals surface area (Å²) in [4.78, 5) is 21.0. The minimum absolute atomic E-state index is 0.0795. The Morgan fingerprint density at radius 2 is 2.18 bits per heavy atom. The minimum Gasteiger partial charge on any atom is -0.467 e. The van der Waals surface area contributed by atoms with Gasteiger partial charge in [-0.2, -0.15) is 4.98 Å². The van der Waals surface area contributed by atoms with Gasteiger partial charge in [0.2, 0.25) is 0 Å². The molecule has 0 bridgehead atoms. The molecule has 0 aliphatic rings. The molecule has 0 atom stereocenters. The van der Waals surface area contributed by atoms with E-state index in [4.69, 9.17) is 16.3 Å². The molecule has 2 aromatic rings. The predicted octanol–water partition coefficient (Wildman–Crippen LogP) is 1.63. The molecule has 1 aromatic carbocycles. The Morgan fingerprint density at radius 1 is 1.41 bits per heavy atom. The summed E-state index contributed by atoms with van der Waals surface area (Å²) in [5, 5.41) is 0.140. The summed E-state index contributed by atoms with van der Waals surface area (Å²) in [6, 6.07) is 3.68. The number of halogens is 2. The van der Waals surface area contributed by atoms with Crippen molar-refractivity contribution in [3.63, 3.8) is 0 Å². The molecule has 1 aromatic heterocycles. The van der Waals surface area contributed by atoms with Crippen LogP contribution < -0.4 is 10.4 Å². The Kier molecular flexibility index (Phi) is 3.06. The van der Waals surface area contributed by atoms with Crippen molar-refractivity contribution in [2.45, 2.75) is 0 Å². The molecule has 0 radical (unpaired) electrons. The van der Waals surface area contributed by atoms with Crippen LogP contribution in [0.5, 0.6) is 6.01 Å². The van der Waals surface area contributed by atoms with Gasteiger partial charge in [-0.05, 0) is 18.2 Å². The van der Waals surface area contributed by atoms with E-state index in [1.807, 2.05) is 0 Å². The zero-order valence-corrected chi connectivity index (χ0v) is 9.45. The van der Waals surface area contributed by atoms with Crippen LogP contribution in [0.4, 0.5) is 4.39 Å². The van der Waals surface area contributed by atoms with Gasteiger partial charge in [-0.15, -0.1) is 4.98 Å². The van der Waals surface area contributed by atoms with Crippen LogP contribution in [0.1, 0.15) is 0 Å². The van der Waals surface area contributed by atoms with E-state index in [-0.39, 0.29) is 16.9 Å². The van der Waals surface area contributed by atoms with Gasteiger partial charge in [-0.3, -0.25) is 4.98 Å². The average molecular weight is 256 g/mol. The van der Waals surface area contributed by atoms with Crippen molar-refractivity contribution in [3.8, 4) is 17.4 Å². The van der Waals surface area contributed by atoms with Gasteiger partial charge in [0, 0.05) is 5.56 Å². The largest absolute Gasteiger partial charge is 0.467 e. The highest BCUT2D eigenvalue weighted by atomic mass is 35.5. The van der Waals surface area contributed by atoms with Gasteiger partial charge in [0.25, 0.3) is 0 Å². The molecule has 0 aliphatic carbocycles. The average Bonchev–Trinajstić information content (AvgIpc) is 2.28. The maximum atomic E-state index is 12.9. The molecule has 0 spiro atoms. The van der Waals surface area contributed by atoms with Crippen LogP contribution in [0.3, 0.4) is 0 Å². The molecule has 0 saturated heterocycles. The zero-order valence-electron chi connectivity index (χ0n) is 8.70. The monoisotopic (exact) mass is 255 g/mol. The van der Waals surface area contributed by atoms with Gasteiger partial charge in [0.1, 0.15) is 11.6 Å². The maximum absolute atomic E-state index is 12.9. The number of ether oxygens (including phenoxy) is 1. The smallest absolute Gasteiger partial charge is 0.351 e. The van der Waals surface area contributed by atoms with Gasteiger partial charge >= 0.3 is 11.7 Å². The fourth-order valence-corrected chi connectivity index (χ4v) is 1.52. The third-order valence-corrected chi connectivity index (χ3v) is 2.31. The van der Waals surface area contributed by atoms with E-state index >= 15 is 0 Å². The lowest BCUT2D eigenvalue weighted by Crippen LogP contribution is -2.14. The number of aromatic nitrogens is 3. The van der Waals surface area contributed by atoms with Crippen LogP contribution in [0.25, 0.3) is 11.4 Å². The van der Waals surface area contributed by atoms with Crippen molar-refractivity contribution < 1.29 is 9.13 Å². The molecule has 0 amide bonds. The first-order valence-electron chi connectivity index (χ1n) is 4.58. The Hall–Kier alpha value is -1.95. The van der Waals surface area contributed by atoms with Gasteiger partial charge in [0.15, 0.2) is 0 Å². The predicted molar refractivity (Wildman–Crippen MR) is 59.6 cm³/mol. The number of benzene rings is 1. The Bertz CT molecular complexity index is 615. The second-order valence-corrected chi connectivity index (χ2v) is 3.52. The lowest BCUT2D eigenvalue weighted by molar-refractivity contribution is 0.377. The van der Waals surface area contributed by atoms with E-state index in [0.717, 1.165) is 6.07 Å². The number of H-pyrrole nitrogens is 1. The molecule has 0 saturated carbocycles. The van der Waals surface area contributed by atoms with E-state index in [0.29, 0.717) is 5.56 Å². The van der Waals surface area contributed by atoms with Gasteiger partial charge in [-0.25, -0.2) is 9.18 Å². The fraction of sp³-hybridized carbons (Fsp3) is 0.100.